The number of aryl methyl sites for hydroxylation is 2. The normalized spacial score (nSPS) is 10.4. The van der Waals surface area contributed by atoms with Gasteiger partial charge in [-0.05, 0) is 6.42 Å². The molecule has 0 radical (unpaired) electrons. The van der Waals surface area contributed by atoms with Crippen LogP contribution in [0.25, 0.3) is 0 Å². The summed E-state index contributed by atoms with van der Waals surface area (Å²) in [5.74, 6) is -0.191. The van der Waals surface area contributed by atoms with Crippen molar-refractivity contribution >= 4 is 5.91 Å². The highest BCUT2D eigenvalue weighted by atomic mass is 16.2. The molecule has 0 spiro atoms. The van der Waals surface area contributed by atoms with E-state index in [9.17, 15) is 4.79 Å². The van der Waals surface area contributed by atoms with Crippen molar-refractivity contribution < 1.29 is 4.79 Å². The minimum Gasteiger partial charge on any atom is -0.351 e. The molecular formula is C10H14N6O. The second kappa shape index (κ2) is 5.24. The molecule has 0 saturated heterocycles. The van der Waals surface area contributed by atoms with Crippen molar-refractivity contribution in [3.63, 3.8) is 0 Å². The van der Waals surface area contributed by atoms with Crippen LogP contribution in [-0.2, 0) is 13.6 Å². The summed E-state index contributed by atoms with van der Waals surface area (Å²) in [5, 5.41) is 10.2. The van der Waals surface area contributed by atoms with E-state index in [1.54, 1.807) is 25.8 Å². The summed E-state index contributed by atoms with van der Waals surface area (Å²) in [5.41, 5.74) is 0.343. The first-order valence-electron chi connectivity index (χ1n) is 5.36. The fraction of sp³-hybridized carbons (Fsp3) is 0.400. The van der Waals surface area contributed by atoms with Gasteiger partial charge >= 0.3 is 0 Å². The maximum absolute atomic E-state index is 11.6. The maximum atomic E-state index is 11.6. The third kappa shape index (κ3) is 3.13. The van der Waals surface area contributed by atoms with E-state index in [1.807, 2.05) is 10.8 Å². The molecule has 0 bridgehead atoms. The van der Waals surface area contributed by atoms with Gasteiger partial charge in [0.1, 0.15) is 0 Å². The van der Waals surface area contributed by atoms with Gasteiger partial charge in [0.2, 0.25) is 0 Å². The van der Waals surface area contributed by atoms with E-state index in [-0.39, 0.29) is 5.91 Å². The Hall–Kier alpha value is -2.18. The van der Waals surface area contributed by atoms with Gasteiger partial charge in [-0.15, -0.1) is 5.10 Å². The van der Waals surface area contributed by atoms with E-state index < -0.39 is 0 Å². The van der Waals surface area contributed by atoms with E-state index in [2.05, 4.69) is 20.6 Å². The lowest BCUT2D eigenvalue weighted by molar-refractivity contribution is 0.0947. The third-order valence-electron chi connectivity index (χ3n) is 2.27. The molecule has 2 heterocycles. The molecule has 0 aromatic carbocycles. The topological polar surface area (TPSA) is 77.6 Å². The first kappa shape index (κ1) is 11.3. The van der Waals surface area contributed by atoms with Gasteiger partial charge in [0.05, 0.1) is 12.5 Å². The number of rotatable bonds is 5. The van der Waals surface area contributed by atoms with Crippen molar-refractivity contribution in [2.75, 3.05) is 6.54 Å². The van der Waals surface area contributed by atoms with Crippen molar-refractivity contribution in [1.82, 2.24) is 29.9 Å². The first-order valence-corrected chi connectivity index (χ1v) is 5.36. The number of carbonyl (C=O) groups is 1. The average molecular weight is 234 g/mol. The van der Waals surface area contributed by atoms with Crippen molar-refractivity contribution in [3.8, 4) is 0 Å². The number of hydrogen-bond acceptors (Lipinski definition) is 4. The highest BCUT2D eigenvalue weighted by Crippen LogP contribution is 1.92. The number of nitrogens with one attached hydrogen (secondary N) is 1. The Morgan fingerprint density at radius 3 is 3.06 bits per heavy atom. The molecule has 0 aliphatic carbocycles. The van der Waals surface area contributed by atoms with E-state index >= 15 is 0 Å². The van der Waals surface area contributed by atoms with E-state index in [0.29, 0.717) is 12.2 Å². The second-order valence-electron chi connectivity index (χ2n) is 3.69. The zero-order valence-corrected chi connectivity index (χ0v) is 9.58. The fourth-order valence-electron chi connectivity index (χ4n) is 1.42. The number of amides is 1. The Kier molecular flexibility index (Phi) is 3.49. The molecule has 2 rings (SSSR count). The zero-order chi connectivity index (χ0) is 12.1. The summed E-state index contributed by atoms with van der Waals surface area (Å²) in [7, 11) is 1.73. The van der Waals surface area contributed by atoms with Crippen LogP contribution in [0.2, 0.25) is 0 Å². The first-order chi connectivity index (χ1) is 8.25. The standard InChI is InChI=1S/C10H14N6O/c1-15-7-9(13-14-15)10(17)12-3-2-5-16-6-4-11-8-16/h4,6-8H,2-3,5H2,1H3,(H,12,17). The van der Waals surface area contributed by atoms with Crippen molar-refractivity contribution in [3.05, 3.63) is 30.6 Å². The molecule has 0 fully saturated rings. The molecular weight excluding hydrogens is 220 g/mol. The Morgan fingerprint density at radius 2 is 2.41 bits per heavy atom. The van der Waals surface area contributed by atoms with E-state index in [4.69, 9.17) is 0 Å². The van der Waals surface area contributed by atoms with Crippen LogP contribution in [-0.4, -0.2) is 37.0 Å². The smallest absolute Gasteiger partial charge is 0.273 e. The van der Waals surface area contributed by atoms with Gasteiger partial charge in [0.15, 0.2) is 5.69 Å². The molecule has 2 aromatic heterocycles. The molecule has 7 nitrogen and oxygen atoms in total. The second-order valence-corrected chi connectivity index (χ2v) is 3.69. The summed E-state index contributed by atoms with van der Waals surface area (Å²) in [4.78, 5) is 15.5. The van der Waals surface area contributed by atoms with Crippen LogP contribution in [0.1, 0.15) is 16.9 Å². The summed E-state index contributed by atoms with van der Waals surface area (Å²) in [6.45, 7) is 1.44. The molecule has 0 saturated carbocycles. The van der Waals surface area contributed by atoms with Gasteiger partial charge in [-0.3, -0.25) is 9.48 Å². The number of nitrogens with zero attached hydrogens (tertiary/aromatic N) is 5. The average Bonchev–Trinajstić information content (AvgIpc) is 2.95. The summed E-state index contributed by atoms with van der Waals surface area (Å²) < 4.78 is 3.47. The Bertz CT molecular complexity index is 475. The number of hydrogen-bond donors (Lipinski definition) is 1. The van der Waals surface area contributed by atoms with Gasteiger partial charge in [-0.1, -0.05) is 5.21 Å². The minimum absolute atomic E-state index is 0.191. The molecule has 7 heteroatoms. The molecule has 90 valence electrons. The minimum atomic E-state index is -0.191. The predicted molar refractivity (Wildman–Crippen MR) is 60.2 cm³/mol. The highest BCUT2D eigenvalue weighted by Gasteiger charge is 2.08. The van der Waals surface area contributed by atoms with Crippen LogP contribution in [0.4, 0.5) is 0 Å². The molecule has 2 aromatic rings. The molecule has 1 amide bonds. The monoisotopic (exact) mass is 234 g/mol. The fourth-order valence-corrected chi connectivity index (χ4v) is 1.42. The summed E-state index contributed by atoms with van der Waals surface area (Å²) >= 11 is 0. The molecule has 0 unspecified atom stereocenters. The lowest BCUT2D eigenvalue weighted by Gasteiger charge is -2.03. The van der Waals surface area contributed by atoms with Gasteiger partial charge in [0.25, 0.3) is 5.91 Å². The number of carbonyl (C=O) groups excluding carboxylic acids is 1. The van der Waals surface area contributed by atoms with Crippen molar-refractivity contribution in [2.45, 2.75) is 13.0 Å². The lowest BCUT2D eigenvalue weighted by Crippen LogP contribution is -2.25. The van der Waals surface area contributed by atoms with Gasteiger partial charge in [-0.25, -0.2) is 4.98 Å². The van der Waals surface area contributed by atoms with Gasteiger partial charge < -0.3 is 9.88 Å². The molecule has 0 aliphatic heterocycles. The lowest BCUT2D eigenvalue weighted by atomic mass is 10.4. The molecule has 17 heavy (non-hydrogen) atoms. The van der Waals surface area contributed by atoms with E-state index in [0.717, 1.165) is 13.0 Å². The maximum Gasteiger partial charge on any atom is 0.273 e. The SMILES string of the molecule is Cn1cc(C(=O)NCCCn2ccnc2)nn1. The van der Waals surface area contributed by atoms with Crippen LogP contribution in [0, 0.1) is 0 Å². The Morgan fingerprint density at radius 1 is 1.53 bits per heavy atom. The quantitative estimate of drug-likeness (QED) is 0.729. The Balaban J connectivity index is 1.70. The number of aromatic nitrogens is 5. The summed E-state index contributed by atoms with van der Waals surface area (Å²) in [6.07, 6.45) is 7.82. The van der Waals surface area contributed by atoms with Crippen LogP contribution in [0.5, 0.6) is 0 Å². The van der Waals surface area contributed by atoms with Gasteiger partial charge in [-0.2, -0.15) is 0 Å². The van der Waals surface area contributed by atoms with Crippen LogP contribution in [0.3, 0.4) is 0 Å². The largest absolute Gasteiger partial charge is 0.351 e. The van der Waals surface area contributed by atoms with Crippen molar-refractivity contribution in [1.29, 1.82) is 0 Å². The van der Waals surface area contributed by atoms with Gasteiger partial charge in [0, 0.05) is 32.5 Å². The van der Waals surface area contributed by atoms with Crippen molar-refractivity contribution in [2.24, 2.45) is 7.05 Å². The third-order valence-corrected chi connectivity index (χ3v) is 2.27. The molecule has 0 aliphatic rings. The van der Waals surface area contributed by atoms with Crippen LogP contribution in [0.15, 0.2) is 24.9 Å². The zero-order valence-electron chi connectivity index (χ0n) is 9.58. The summed E-state index contributed by atoms with van der Waals surface area (Å²) in [6, 6.07) is 0. The Labute approximate surface area is 98.5 Å². The predicted octanol–water partition coefficient (Wildman–Crippen LogP) is -0.168. The molecule has 1 N–H and O–H groups in total. The highest BCUT2D eigenvalue weighted by molar-refractivity contribution is 5.91. The van der Waals surface area contributed by atoms with Crippen LogP contribution >= 0.6 is 0 Å². The molecule has 0 atom stereocenters. The number of imidazole rings is 1. The van der Waals surface area contributed by atoms with E-state index in [1.165, 1.54) is 4.68 Å². The van der Waals surface area contributed by atoms with Crippen LogP contribution < -0.4 is 5.32 Å².